The molecule has 2 atom stereocenters. The zero-order valence-electron chi connectivity index (χ0n) is 21.3. The molecule has 2 saturated heterocycles. The fraction of sp³-hybridized carbons (Fsp3) is 0.593. The summed E-state index contributed by atoms with van der Waals surface area (Å²) in [5.74, 6) is 1.96. The third kappa shape index (κ3) is 6.92. The third-order valence-corrected chi connectivity index (χ3v) is 7.06. The van der Waals surface area contributed by atoms with Gasteiger partial charge >= 0.3 is 0 Å². The van der Waals surface area contributed by atoms with E-state index in [0.29, 0.717) is 56.5 Å². The Labute approximate surface area is 208 Å². The predicted molar refractivity (Wildman–Crippen MR) is 137 cm³/mol. The van der Waals surface area contributed by atoms with Gasteiger partial charge in [-0.05, 0) is 42.7 Å². The zero-order chi connectivity index (χ0) is 24.8. The number of hydrogen-bond donors (Lipinski definition) is 2. The second-order valence-corrected chi connectivity index (χ2v) is 10.2. The standard InChI is InChI=1S/C27H39N5O3/c1-19-14-20(2)17-31(16-19)18-23-7-5-4-6-22(23)15-28-25(33)9-8-24-21(3)29-27(30-26(24)34)32-10-12-35-13-11-32/h4-7,19-20H,8-18H2,1-3H3,(H,28,33)(H,29,30,34)/t19-,20-/m0/s1. The van der Waals surface area contributed by atoms with Gasteiger partial charge in [0.25, 0.3) is 5.56 Å². The van der Waals surface area contributed by atoms with Crippen LogP contribution in [0.2, 0.25) is 0 Å². The van der Waals surface area contributed by atoms with Gasteiger partial charge < -0.3 is 15.0 Å². The van der Waals surface area contributed by atoms with Crippen molar-refractivity contribution in [1.82, 2.24) is 20.2 Å². The minimum atomic E-state index is -0.165. The van der Waals surface area contributed by atoms with E-state index < -0.39 is 0 Å². The number of benzene rings is 1. The number of rotatable bonds is 8. The fourth-order valence-electron chi connectivity index (χ4n) is 5.38. The number of nitrogens with one attached hydrogen (secondary N) is 2. The first-order valence-electron chi connectivity index (χ1n) is 12.9. The molecular weight excluding hydrogens is 442 g/mol. The number of carbonyl (C=O) groups excluding carboxylic acids is 1. The summed E-state index contributed by atoms with van der Waals surface area (Å²) in [6.07, 6.45) is 1.92. The van der Waals surface area contributed by atoms with Crippen LogP contribution >= 0.6 is 0 Å². The predicted octanol–water partition coefficient (Wildman–Crippen LogP) is 2.64. The van der Waals surface area contributed by atoms with Crippen molar-refractivity contribution >= 4 is 11.9 Å². The molecule has 0 spiro atoms. The molecule has 2 aromatic rings. The SMILES string of the molecule is Cc1nc(N2CCOCC2)[nH]c(=O)c1CCC(=O)NCc1ccccc1CN1C[C@@H](C)C[C@H](C)C1. The molecule has 0 bridgehead atoms. The molecule has 0 saturated carbocycles. The number of aryl methyl sites for hydroxylation is 1. The Balaban J connectivity index is 1.31. The van der Waals surface area contributed by atoms with E-state index >= 15 is 0 Å². The molecule has 2 N–H and O–H groups in total. The molecule has 8 heteroatoms. The Kier molecular flexibility index (Phi) is 8.57. The number of H-pyrrole nitrogens is 1. The molecule has 190 valence electrons. The van der Waals surface area contributed by atoms with Crippen LogP contribution in [0.1, 0.15) is 49.1 Å². The quantitative estimate of drug-likeness (QED) is 0.603. The molecule has 2 aliphatic heterocycles. The van der Waals surface area contributed by atoms with Gasteiger partial charge in [-0.1, -0.05) is 38.1 Å². The van der Waals surface area contributed by atoms with Crippen LogP contribution in [-0.2, 0) is 29.0 Å². The van der Waals surface area contributed by atoms with Gasteiger partial charge in [-0.25, -0.2) is 4.98 Å². The molecule has 0 unspecified atom stereocenters. The maximum Gasteiger partial charge on any atom is 0.255 e. The summed E-state index contributed by atoms with van der Waals surface area (Å²) in [4.78, 5) is 37.4. The number of aromatic amines is 1. The van der Waals surface area contributed by atoms with Crippen LogP contribution in [0.15, 0.2) is 29.1 Å². The molecule has 1 aromatic carbocycles. The van der Waals surface area contributed by atoms with E-state index in [1.165, 1.54) is 12.0 Å². The van der Waals surface area contributed by atoms with Gasteiger partial charge in [0.15, 0.2) is 0 Å². The highest BCUT2D eigenvalue weighted by molar-refractivity contribution is 5.76. The Morgan fingerprint density at radius 3 is 2.51 bits per heavy atom. The number of nitrogens with zero attached hydrogens (tertiary/aromatic N) is 3. The van der Waals surface area contributed by atoms with E-state index in [9.17, 15) is 9.59 Å². The van der Waals surface area contributed by atoms with E-state index in [1.54, 1.807) is 0 Å². The average Bonchev–Trinajstić information content (AvgIpc) is 2.83. The summed E-state index contributed by atoms with van der Waals surface area (Å²) >= 11 is 0. The van der Waals surface area contributed by atoms with Crippen molar-refractivity contribution in [2.75, 3.05) is 44.3 Å². The molecule has 2 aliphatic rings. The van der Waals surface area contributed by atoms with E-state index in [1.807, 2.05) is 17.9 Å². The summed E-state index contributed by atoms with van der Waals surface area (Å²) < 4.78 is 5.37. The maximum absolute atomic E-state index is 12.7. The molecule has 2 fully saturated rings. The monoisotopic (exact) mass is 481 g/mol. The highest BCUT2D eigenvalue weighted by Gasteiger charge is 2.22. The second kappa shape index (κ2) is 11.8. The number of piperidine rings is 1. The number of aromatic nitrogens is 2. The molecule has 1 aromatic heterocycles. The largest absolute Gasteiger partial charge is 0.378 e. The molecule has 0 aliphatic carbocycles. The lowest BCUT2D eigenvalue weighted by Gasteiger charge is -2.35. The van der Waals surface area contributed by atoms with Crippen molar-refractivity contribution in [2.24, 2.45) is 11.8 Å². The number of anilines is 1. The normalized spacial score (nSPS) is 21.2. The Morgan fingerprint density at radius 1 is 1.14 bits per heavy atom. The smallest absolute Gasteiger partial charge is 0.255 e. The minimum Gasteiger partial charge on any atom is -0.378 e. The number of hydrogen-bond acceptors (Lipinski definition) is 6. The number of ether oxygens (including phenoxy) is 1. The molecule has 35 heavy (non-hydrogen) atoms. The molecule has 0 radical (unpaired) electrons. The van der Waals surface area contributed by atoms with E-state index in [0.717, 1.165) is 37.0 Å². The summed E-state index contributed by atoms with van der Waals surface area (Å²) in [7, 11) is 0. The molecule has 3 heterocycles. The van der Waals surface area contributed by atoms with Crippen molar-refractivity contribution in [3.63, 3.8) is 0 Å². The van der Waals surface area contributed by atoms with Crippen molar-refractivity contribution < 1.29 is 9.53 Å². The van der Waals surface area contributed by atoms with Gasteiger partial charge in [0.2, 0.25) is 11.9 Å². The summed E-state index contributed by atoms with van der Waals surface area (Å²) in [6, 6.07) is 8.35. The van der Waals surface area contributed by atoms with Crippen molar-refractivity contribution in [2.45, 2.75) is 53.1 Å². The molecule has 4 rings (SSSR count). The number of likely N-dealkylation sites (tertiary alicyclic amines) is 1. The van der Waals surface area contributed by atoms with E-state index in [-0.39, 0.29) is 17.9 Å². The first-order chi connectivity index (χ1) is 16.9. The number of amides is 1. The van der Waals surface area contributed by atoms with Crippen LogP contribution in [0, 0.1) is 18.8 Å². The Bertz CT molecular complexity index is 1050. The lowest BCUT2D eigenvalue weighted by atomic mass is 9.91. The lowest BCUT2D eigenvalue weighted by molar-refractivity contribution is -0.121. The van der Waals surface area contributed by atoms with Gasteiger partial charge in [-0.2, -0.15) is 0 Å². The van der Waals surface area contributed by atoms with Crippen molar-refractivity contribution in [3.05, 3.63) is 57.0 Å². The van der Waals surface area contributed by atoms with Crippen LogP contribution in [-0.4, -0.2) is 60.2 Å². The Morgan fingerprint density at radius 2 is 1.83 bits per heavy atom. The van der Waals surface area contributed by atoms with Crippen molar-refractivity contribution in [1.29, 1.82) is 0 Å². The van der Waals surface area contributed by atoms with Gasteiger partial charge in [0.05, 0.1) is 13.2 Å². The highest BCUT2D eigenvalue weighted by atomic mass is 16.5. The fourth-order valence-corrected chi connectivity index (χ4v) is 5.38. The van der Waals surface area contributed by atoms with Crippen LogP contribution in [0.25, 0.3) is 0 Å². The third-order valence-electron chi connectivity index (χ3n) is 7.06. The topological polar surface area (TPSA) is 90.6 Å². The van der Waals surface area contributed by atoms with Gasteiger partial charge in [-0.3, -0.25) is 19.5 Å². The zero-order valence-corrected chi connectivity index (χ0v) is 21.3. The minimum absolute atomic E-state index is 0.0592. The average molecular weight is 482 g/mol. The Hall–Kier alpha value is -2.71. The number of morpholine rings is 1. The summed E-state index contributed by atoms with van der Waals surface area (Å²) in [5.41, 5.74) is 3.51. The van der Waals surface area contributed by atoms with Gasteiger partial charge in [0.1, 0.15) is 0 Å². The molecule has 1 amide bonds. The second-order valence-electron chi connectivity index (χ2n) is 10.2. The first-order valence-corrected chi connectivity index (χ1v) is 12.9. The highest BCUT2D eigenvalue weighted by Crippen LogP contribution is 2.23. The van der Waals surface area contributed by atoms with Crippen LogP contribution in [0.4, 0.5) is 5.95 Å². The van der Waals surface area contributed by atoms with Crippen LogP contribution in [0.5, 0.6) is 0 Å². The van der Waals surface area contributed by atoms with Gasteiger partial charge in [0, 0.05) is 56.9 Å². The number of carbonyl (C=O) groups is 1. The van der Waals surface area contributed by atoms with Crippen LogP contribution in [0.3, 0.4) is 0 Å². The van der Waals surface area contributed by atoms with E-state index in [2.05, 4.69) is 52.2 Å². The summed E-state index contributed by atoms with van der Waals surface area (Å²) in [5, 5.41) is 3.05. The van der Waals surface area contributed by atoms with E-state index in [4.69, 9.17) is 4.74 Å². The van der Waals surface area contributed by atoms with Gasteiger partial charge in [-0.15, -0.1) is 0 Å². The van der Waals surface area contributed by atoms with Crippen LogP contribution < -0.4 is 15.8 Å². The molecular formula is C27H39N5O3. The maximum atomic E-state index is 12.7. The summed E-state index contributed by atoms with van der Waals surface area (Å²) in [6.45, 7) is 12.8. The molecule has 8 nitrogen and oxygen atoms in total. The lowest BCUT2D eigenvalue weighted by Crippen LogP contribution is -2.38. The first kappa shape index (κ1) is 25.4. The van der Waals surface area contributed by atoms with Crippen molar-refractivity contribution in [3.8, 4) is 0 Å².